The summed E-state index contributed by atoms with van der Waals surface area (Å²) in [6, 6.07) is 13.8. The number of aryl methyl sites for hydroxylation is 1. The number of carbonyl (C=O) groups is 1. The second-order valence-corrected chi connectivity index (χ2v) is 5.46. The lowest BCUT2D eigenvalue weighted by molar-refractivity contribution is -0.116. The van der Waals surface area contributed by atoms with E-state index >= 15 is 0 Å². The number of nitrogens with one attached hydrogen (secondary N) is 2. The lowest BCUT2D eigenvalue weighted by atomic mass is 10.2. The second-order valence-electron chi connectivity index (χ2n) is 5.46. The number of rotatable bonds is 4. The molecular formula is C18H16N4O2. The van der Waals surface area contributed by atoms with Crippen molar-refractivity contribution < 1.29 is 9.21 Å². The third kappa shape index (κ3) is 3.36. The molecule has 6 nitrogen and oxygen atoms in total. The topological polar surface area (TPSA) is 91.0 Å². The Labute approximate surface area is 139 Å². The van der Waals surface area contributed by atoms with Gasteiger partial charge in [0, 0.05) is 18.3 Å². The fourth-order valence-electron chi connectivity index (χ4n) is 2.33. The van der Waals surface area contributed by atoms with Crippen LogP contribution in [0.4, 0.5) is 11.4 Å². The summed E-state index contributed by atoms with van der Waals surface area (Å²) in [5.74, 6) is 0.435. The van der Waals surface area contributed by atoms with Crippen molar-refractivity contribution in [3.05, 3.63) is 53.9 Å². The van der Waals surface area contributed by atoms with Gasteiger partial charge in [-0.15, -0.1) is 0 Å². The molecular weight excluding hydrogens is 304 g/mol. The largest absolute Gasteiger partial charge is 0.441 e. The first-order chi connectivity index (χ1) is 11.5. The Morgan fingerprint density at radius 3 is 2.62 bits per heavy atom. The van der Waals surface area contributed by atoms with E-state index in [-0.39, 0.29) is 5.91 Å². The molecule has 3 rings (SSSR count). The van der Waals surface area contributed by atoms with Crippen molar-refractivity contribution >= 4 is 28.4 Å². The maximum absolute atomic E-state index is 12.3. The van der Waals surface area contributed by atoms with Crippen molar-refractivity contribution in [2.75, 3.05) is 10.6 Å². The van der Waals surface area contributed by atoms with E-state index in [1.807, 2.05) is 24.3 Å². The summed E-state index contributed by atoms with van der Waals surface area (Å²) < 4.78 is 5.43. The number of anilines is 2. The van der Waals surface area contributed by atoms with Crippen LogP contribution in [-0.2, 0) is 4.79 Å². The van der Waals surface area contributed by atoms with Gasteiger partial charge >= 0.3 is 0 Å². The number of benzene rings is 2. The molecule has 0 saturated heterocycles. The normalized spacial score (nSPS) is 11.7. The fourth-order valence-corrected chi connectivity index (χ4v) is 2.33. The summed E-state index contributed by atoms with van der Waals surface area (Å²) in [5, 5.41) is 14.7. The van der Waals surface area contributed by atoms with E-state index in [0.717, 1.165) is 11.2 Å². The molecule has 1 aromatic heterocycles. The SMILES string of the molecule is Cc1nc2cc(NC(C)C(=O)Nc3ccc(C#N)cc3)ccc2o1. The molecule has 0 saturated carbocycles. The van der Waals surface area contributed by atoms with Crippen molar-refractivity contribution in [3.63, 3.8) is 0 Å². The van der Waals surface area contributed by atoms with Crippen LogP contribution < -0.4 is 10.6 Å². The molecule has 120 valence electrons. The molecule has 1 amide bonds. The molecule has 0 aliphatic carbocycles. The Morgan fingerprint density at radius 1 is 1.21 bits per heavy atom. The molecule has 6 heteroatoms. The number of carbonyl (C=O) groups excluding carboxylic acids is 1. The first-order valence-corrected chi connectivity index (χ1v) is 7.50. The molecule has 24 heavy (non-hydrogen) atoms. The number of amides is 1. The number of fused-ring (bicyclic) bond motifs is 1. The third-order valence-electron chi connectivity index (χ3n) is 3.55. The minimum Gasteiger partial charge on any atom is -0.441 e. The van der Waals surface area contributed by atoms with Crippen LogP contribution in [0.25, 0.3) is 11.1 Å². The zero-order valence-electron chi connectivity index (χ0n) is 13.3. The number of oxazole rings is 1. The van der Waals surface area contributed by atoms with Gasteiger partial charge in [-0.3, -0.25) is 4.79 Å². The van der Waals surface area contributed by atoms with Crippen molar-refractivity contribution in [1.82, 2.24) is 4.98 Å². The van der Waals surface area contributed by atoms with E-state index in [1.165, 1.54) is 0 Å². The van der Waals surface area contributed by atoms with Crippen LogP contribution in [0.15, 0.2) is 46.9 Å². The number of nitrogens with zero attached hydrogens (tertiary/aromatic N) is 2. The standard InChI is InChI=1S/C18H16N4O2/c1-11(18(23)22-14-5-3-13(10-19)4-6-14)20-15-7-8-17-16(9-15)21-12(2)24-17/h3-9,11,20H,1-2H3,(H,22,23). The van der Waals surface area contributed by atoms with E-state index in [0.29, 0.717) is 22.7 Å². The average molecular weight is 320 g/mol. The van der Waals surface area contributed by atoms with Gasteiger partial charge in [0.2, 0.25) is 5.91 Å². The molecule has 1 heterocycles. The zero-order valence-corrected chi connectivity index (χ0v) is 13.3. The Balaban J connectivity index is 1.66. The predicted molar refractivity (Wildman–Crippen MR) is 91.6 cm³/mol. The van der Waals surface area contributed by atoms with Gasteiger partial charge in [-0.25, -0.2) is 4.98 Å². The molecule has 0 spiro atoms. The minimum absolute atomic E-state index is 0.170. The van der Waals surface area contributed by atoms with E-state index in [9.17, 15) is 4.79 Å². The Hall–Kier alpha value is -3.33. The van der Waals surface area contributed by atoms with Gasteiger partial charge in [-0.05, 0) is 49.4 Å². The Kier molecular flexibility index (Phi) is 4.17. The molecule has 2 N–H and O–H groups in total. The van der Waals surface area contributed by atoms with E-state index in [1.54, 1.807) is 38.1 Å². The lowest BCUT2D eigenvalue weighted by Gasteiger charge is -2.15. The van der Waals surface area contributed by atoms with Gasteiger partial charge in [0.15, 0.2) is 11.5 Å². The monoisotopic (exact) mass is 320 g/mol. The number of hydrogen-bond donors (Lipinski definition) is 2. The summed E-state index contributed by atoms with van der Waals surface area (Å²) >= 11 is 0. The molecule has 0 radical (unpaired) electrons. The smallest absolute Gasteiger partial charge is 0.246 e. The summed E-state index contributed by atoms with van der Waals surface area (Å²) in [6.45, 7) is 3.57. The van der Waals surface area contributed by atoms with Crippen LogP contribution in [-0.4, -0.2) is 16.9 Å². The number of hydrogen-bond acceptors (Lipinski definition) is 5. The highest BCUT2D eigenvalue weighted by Crippen LogP contribution is 2.20. The molecule has 0 aliphatic rings. The number of aromatic nitrogens is 1. The number of nitriles is 1. The average Bonchev–Trinajstić information content (AvgIpc) is 2.94. The predicted octanol–water partition coefficient (Wildman–Crippen LogP) is 3.45. The van der Waals surface area contributed by atoms with E-state index in [2.05, 4.69) is 15.6 Å². The zero-order chi connectivity index (χ0) is 17.1. The second kappa shape index (κ2) is 6.42. The summed E-state index contributed by atoms with van der Waals surface area (Å²) in [5.41, 5.74) is 3.45. The van der Waals surface area contributed by atoms with E-state index < -0.39 is 6.04 Å². The maximum atomic E-state index is 12.3. The minimum atomic E-state index is -0.439. The Bertz CT molecular complexity index is 922. The summed E-state index contributed by atoms with van der Waals surface area (Å²) in [4.78, 5) is 16.5. The van der Waals surface area contributed by atoms with Gasteiger partial charge in [-0.2, -0.15) is 5.26 Å². The first kappa shape index (κ1) is 15.6. The summed E-state index contributed by atoms with van der Waals surface area (Å²) in [6.07, 6.45) is 0. The highest BCUT2D eigenvalue weighted by Gasteiger charge is 2.13. The highest BCUT2D eigenvalue weighted by atomic mass is 16.3. The van der Waals surface area contributed by atoms with E-state index in [4.69, 9.17) is 9.68 Å². The quantitative estimate of drug-likeness (QED) is 0.768. The van der Waals surface area contributed by atoms with Gasteiger partial charge in [0.25, 0.3) is 0 Å². The molecule has 0 aliphatic heterocycles. The van der Waals surface area contributed by atoms with Crippen LogP contribution in [0.1, 0.15) is 18.4 Å². The van der Waals surface area contributed by atoms with Crippen molar-refractivity contribution in [2.24, 2.45) is 0 Å². The molecule has 2 aromatic carbocycles. The molecule has 0 bridgehead atoms. The third-order valence-corrected chi connectivity index (χ3v) is 3.55. The van der Waals surface area contributed by atoms with Gasteiger partial charge < -0.3 is 15.1 Å². The van der Waals surface area contributed by atoms with Crippen molar-refractivity contribution in [2.45, 2.75) is 19.9 Å². The van der Waals surface area contributed by atoms with Gasteiger partial charge in [0.1, 0.15) is 11.6 Å². The first-order valence-electron chi connectivity index (χ1n) is 7.50. The molecule has 0 fully saturated rings. The Morgan fingerprint density at radius 2 is 1.92 bits per heavy atom. The van der Waals surface area contributed by atoms with Crippen LogP contribution in [0.5, 0.6) is 0 Å². The fraction of sp³-hybridized carbons (Fsp3) is 0.167. The van der Waals surface area contributed by atoms with Crippen LogP contribution in [0.2, 0.25) is 0 Å². The molecule has 1 atom stereocenters. The maximum Gasteiger partial charge on any atom is 0.246 e. The molecule has 3 aromatic rings. The van der Waals surface area contributed by atoms with Crippen LogP contribution in [0.3, 0.4) is 0 Å². The highest BCUT2D eigenvalue weighted by molar-refractivity contribution is 5.96. The van der Waals surface area contributed by atoms with Crippen molar-refractivity contribution in [1.29, 1.82) is 5.26 Å². The van der Waals surface area contributed by atoms with Crippen molar-refractivity contribution in [3.8, 4) is 6.07 Å². The van der Waals surface area contributed by atoms with Gasteiger partial charge in [-0.1, -0.05) is 0 Å². The van der Waals surface area contributed by atoms with Crippen LogP contribution >= 0.6 is 0 Å². The molecule has 1 unspecified atom stereocenters. The van der Waals surface area contributed by atoms with Gasteiger partial charge in [0.05, 0.1) is 11.6 Å². The summed E-state index contributed by atoms with van der Waals surface area (Å²) in [7, 11) is 0. The lowest BCUT2D eigenvalue weighted by Crippen LogP contribution is -2.31. The van der Waals surface area contributed by atoms with Crippen LogP contribution in [0, 0.1) is 18.3 Å².